The molecular formula is C23H21N3O4. The minimum atomic E-state index is -0.597. The maximum Gasteiger partial charge on any atom is 0.338 e. The predicted octanol–water partition coefficient (Wildman–Crippen LogP) is 4.86. The molecular weight excluding hydrogens is 382 g/mol. The van der Waals surface area contributed by atoms with Crippen molar-refractivity contribution in [2.75, 3.05) is 12.0 Å². The van der Waals surface area contributed by atoms with Gasteiger partial charge in [0.05, 0.1) is 22.8 Å². The highest BCUT2D eigenvalue weighted by Gasteiger charge is 2.19. The molecule has 0 fully saturated rings. The molecule has 30 heavy (non-hydrogen) atoms. The van der Waals surface area contributed by atoms with Gasteiger partial charge in [-0.15, -0.1) is 0 Å². The Bertz CT molecular complexity index is 1190. The number of ether oxygens (including phenoxy) is 1. The van der Waals surface area contributed by atoms with E-state index in [1.165, 1.54) is 34.7 Å². The van der Waals surface area contributed by atoms with E-state index in [1.807, 2.05) is 13.0 Å². The van der Waals surface area contributed by atoms with E-state index in [9.17, 15) is 14.9 Å². The van der Waals surface area contributed by atoms with Crippen molar-refractivity contribution in [3.05, 3.63) is 80.9 Å². The zero-order valence-corrected chi connectivity index (χ0v) is 16.8. The van der Waals surface area contributed by atoms with Crippen LogP contribution < -0.4 is 5.43 Å². The summed E-state index contributed by atoms with van der Waals surface area (Å²) in [7, 11) is 0. The maximum absolute atomic E-state index is 11.9. The number of benzene rings is 3. The number of nitrogens with one attached hydrogen (secondary N) is 1. The molecule has 7 heteroatoms. The fourth-order valence-electron chi connectivity index (χ4n) is 3.89. The Hall–Kier alpha value is -3.74. The summed E-state index contributed by atoms with van der Waals surface area (Å²) in [5, 5.41) is 18.3. The second kappa shape index (κ2) is 7.94. The summed E-state index contributed by atoms with van der Waals surface area (Å²) in [6.07, 6.45) is 2.09. The van der Waals surface area contributed by atoms with E-state index < -0.39 is 10.9 Å². The number of nitro groups is 1. The molecule has 0 aromatic heterocycles. The van der Waals surface area contributed by atoms with Crippen molar-refractivity contribution in [3.63, 3.8) is 0 Å². The van der Waals surface area contributed by atoms with Crippen LogP contribution in [-0.4, -0.2) is 23.2 Å². The summed E-state index contributed by atoms with van der Waals surface area (Å²) < 4.78 is 4.91. The maximum atomic E-state index is 11.9. The van der Waals surface area contributed by atoms with Crippen LogP contribution in [0, 0.1) is 10.1 Å². The highest BCUT2D eigenvalue weighted by molar-refractivity contribution is 6.11. The number of hydrogen-bond acceptors (Lipinski definition) is 6. The number of hydrazone groups is 1. The molecule has 0 spiro atoms. The lowest BCUT2D eigenvalue weighted by molar-refractivity contribution is -0.384. The van der Waals surface area contributed by atoms with E-state index in [2.05, 4.69) is 34.8 Å². The number of esters is 1. The topological polar surface area (TPSA) is 93.8 Å². The molecule has 0 saturated carbocycles. The smallest absolute Gasteiger partial charge is 0.338 e. The number of carbonyl (C=O) groups excluding carboxylic acids is 1. The Morgan fingerprint density at radius 2 is 1.93 bits per heavy atom. The van der Waals surface area contributed by atoms with Gasteiger partial charge in [0.1, 0.15) is 5.69 Å². The van der Waals surface area contributed by atoms with Gasteiger partial charge in [0.2, 0.25) is 0 Å². The number of anilines is 1. The Balaban J connectivity index is 1.67. The van der Waals surface area contributed by atoms with Crippen LogP contribution in [0.1, 0.15) is 40.9 Å². The van der Waals surface area contributed by atoms with E-state index in [4.69, 9.17) is 4.74 Å². The molecule has 0 aliphatic heterocycles. The standard InChI is InChI=1S/C23H21N3O4/c1-3-30-23(27)17-10-12-20(21(13-17)26(28)29)25-24-14(2)18-11-9-16-8-7-15-5-4-6-19(18)22(15)16/h4-6,9-13,25H,3,7-8H2,1-2H3. The summed E-state index contributed by atoms with van der Waals surface area (Å²) >= 11 is 0. The fourth-order valence-corrected chi connectivity index (χ4v) is 3.89. The molecule has 3 aromatic carbocycles. The number of nitrogens with zero attached hydrogens (tertiary/aromatic N) is 2. The van der Waals surface area contributed by atoms with Crippen molar-refractivity contribution >= 4 is 33.8 Å². The molecule has 0 atom stereocenters. The highest BCUT2D eigenvalue weighted by Crippen LogP contribution is 2.33. The third-order valence-electron chi connectivity index (χ3n) is 5.32. The quantitative estimate of drug-likeness (QED) is 0.275. The van der Waals surface area contributed by atoms with E-state index >= 15 is 0 Å². The summed E-state index contributed by atoms with van der Waals surface area (Å²) in [4.78, 5) is 22.8. The average molecular weight is 403 g/mol. The summed E-state index contributed by atoms with van der Waals surface area (Å²) in [6.45, 7) is 3.75. The number of carbonyl (C=O) groups is 1. The van der Waals surface area contributed by atoms with Gasteiger partial charge >= 0.3 is 5.97 Å². The van der Waals surface area contributed by atoms with Crippen molar-refractivity contribution in [1.29, 1.82) is 0 Å². The van der Waals surface area contributed by atoms with Gasteiger partial charge in [0.25, 0.3) is 5.69 Å². The molecule has 4 rings (SSSR count). The van der Waals surface area contributed by atoms with Gasteiger partial charge in [-0.2, -0.15) is 5.10 Å². The van der Waals surface area contributed by atoms with E-state index in [1.54, 1.807) is 6.92 Å². The molecule has 1 aliphatic rings. The predicted molar refractivity (Wildman–Crippen MR) is 116 cm³/mol. The van der Waals surface area contributed by atoms with Crippen LogP contribution in [0.15, 0.2) is 53.6 Å². The first kappa shape index (κ1) is 19.6. The summed E-state index contributed by atoms with van der Waals surface area (Å²) in [5.41, 5.74) is 7.28. The van der Waals surface area contributed by atoms with Gasteiger partial charge in [-0.05, 0) is 60.7 Å². The van der Waals surface area contributed by atoms with Crippen LogP contribution in [0.5, 0.6) is 0 Å². The molecule has 0 heterocycles. The Morgan fingerprint density at radius 3 is 2.67 bits per heavy atom. The minimum Gasteiger partial charge on any atom is -0.462 e. The van der Waals surface area contributed by atoms with Gasteiger partial charge in [0, 0.05) is 11.6 Å². The highest BCUT2D eigenvalue weighted by atomic mass is 16.6. The van der Waals surface area contributed by atoms with Crippen molar-refractivity contribution in [1.82, 2.24) is 0 Å². The van der Waals surface area contributed by atoms with Crippen molar-refractivity contribution in [2.45, 2.75) is 26.7 Å². The normalized spacial score (nSPS) is 12.8. The van der Waals surface area contributed by atoms with Crippen molar-refractivity contribution in [3.8, 4) is 0 Å². The van der Waals surface area contributed by atoms with Gasteiger partial charge in [-0.3, -0.25) is 15.5 Å². The molecule has 7 nitrogen and oxygen atoms in total. The lowest BCUT2D eigenvalue weighted by Gasteiger charge is -2.10. The van der Waals surface area contributed by atoms with Gasteiger partial charge in [-0.25, -0.2) is 4.79 Å². The van der Waals surface area contributed by atoms with Gasteiger partial charge < -0.3 is 4.74 Å². The van der Waals surface area contributed by atoms with Crippen LogP contribution in [0.2, 0.25) is 0 Å². The molecule has 1 N–H and O–H groups in total. The van der Waals surface area contributed by atoms with Crippen LogP contribution in [0.3, 0.4) is 0 Å². The molecule has 0 amide bonds. The molecule has 1 aliphatic carbocycles. The summed E-state index contributed by atoms with van der Waals surface area (Å²) in [5.74, 6) is -0.597. The zero-order chi connectivity index (χ0) is 21.3. The fraction of sp³-hybridized carbons (Fsp3) is 0.217. The Kier molecular flexibility index (Phi) is 5.18. The number of rotatable bonds is 6. The minimum absolute atomic E-state index is 0.127. The second-order valence-corrected chi connectivity index (χ2v) is 7.13. The molecule has 0 bridgehead atoms. The SMILES string of the molecule is CCOC(=O)c1ccc(NN=C(C)c2ccc3c4c(cccc24)CC3)c([N+](=O)[O-])c1. The van der Waals surface area contributed by atoms with E-state index in [-0.39, 0.29) is 23.5 Å². The molecule has 0 saturated heterocycles. The lowest BCUT2D eigenvalue weighted by atomic mass is 9.98. The molecule has 152 valence electrons. The summed E-state index contributed by atoms with van der Waals surface area (Å²) in [6, 6.07) is 14.6. The van der Waals surface area contributed by atoms with Gasteiger partial charge in [-0.1, -0.05) is 30.3 Å². The molecule has 0 radical (unpaired) electrons. The van der Waals surface area contributed by atoms with Crippen LogP contribution >= 0.6 is 0 Å². The zero-order valence-electron chi connectivity index (χ0n) is 16.8. The number of nitro benzene ring substituents is 1. The van der Waals surface area contributed by atoms with Crippen LogP contribution in [0.25, 0.3) is 10.8 Å². The van der Waals surface area contributed by atoms with E-state index in [0.29, 0.717) is 0 Å². The van der Waals surface area contributed by atoms with Crippen molar-refractivity contribution in [2.24, 2.45) is 5.10 Å². The third kappa shape index (κ3) is 3.50. The number of hydrogen-bond donors (Lipinski definition) is 1. The molecule has 3 aromatic rings. The van der Waals surface area contributed by atoms with E-state index in [0.717, 1.165) is 29.5 Å². The molecule has 0 unspecified atom stereocenters. The largest absolute Gasteiger partial charge is 0.462 e. The monoisotopic (exact) mass is 403 g/mol. The Morgan fingerprint density at radius 1 is 1.17 bits per heavy atom. The first-order valence-corrected chi connectivity index (χ1v) is 9.79. The van der Waals surface area contributed by atoms with Crippen molar-refractivity contribution < 1.29 is 14.5 Å². The first-order chi connectivity index (χ1) is 14.5. The first-order valence-electron chi connectivity index (χ1n) is 9.79. The lowest BCUT2D eigenvalue weighted by Crippen LogP contribution is -2.07. The van der Waals surface area contributed by atoms with Crippen LogP contribution in [-0.2, 0) is 17.6 Å². The second-order valence-electron chi connectivity index (χ2n) is 7.13. The Labute approximate surface area is 173 Å². The van der Waals surface area contributed by atoms with Crippen LogP contribution in [0.4, 0.5) is 11.4 Å². The third-order valence-corrected chi connectivity index (χ3v) is 5.32. The average Bonchev–Trinajstić information content (AvgIpc) is 3.17. The van der Waals surface area contributed by atoms with Gasteiger partial charge in [0.15, 0.2) is 0 Å². The number of aryl methyl sites for hydroxylation is 2.